The van der Waals surface area contributed by atoms with Crippen molar-refractivity contribution in [2.45, 2.75) is 25.8 Å². The van der Waals surface area contributed by atoms with E-state index in [4.69, 9.17) is 0 Å². The molecule has 1 aliphatic rings. The molecule has 4 heteroatoms. The van der Waals surface area contributed by atoms with Crippen LogP contribution in [-0.4, -0.2) is 54.9 Å². The van der Waals surface area contributed by atoms with Crippen molar-refractivity contribution < 1.29 is 4.79 Å². The lowest BCUT2D eigenvalue weighted by atomic mass is 10.1. The number of halogens is 1. The maximum Gasteiger partial charge on any atom is 0.176 e. The van der Waals surface area contributed by atoms with E-state index in [1.807, 2.05) is 24.3 Å². The molecule has 1 saturated heterocycles. The van der Waals surface area contributed by atoms with Crippen LogP contribution in [-0.2, 0) is 0 Å². The largest absolute Gasteiger partial charge is 0.299 e. The van der Waals surface area contributed by atoms with Crippen molar-refractivity contribution in [1.29, 1.82) is 0 Å². The molecule has 0 radical (unpaired) electrons. The van der Waals surface area contributed by atoms with Crippen LogP contribution in [0.15, 0.2) is 24.3 Å². The van der Waals surface area contributed by atoms with E-state index < -0.39 is 0 Å². The van der Waals surface area contributed by atoms with Gasteiger partial charge in [0.05, 0.1) is 6.54 Å². The van der Waals surface area contributed by atoms with Gasteiger partial charge >= 0.3 is 0 Å². The molecule has 3 nitrogen and oxygen atoms in total. The van der Waals surface area contributed by atoms with Crippen LogP contribution in [0.4, 0.5) is 0 Å². The molecule has 110 valence electrons. The van der Waals surface area contributed by atoms with Crippen molar-refractivity contribution in [2.75, 3.05) is 33.2 Å². The van der Waals surface area contributed by atoms with Gasteiger partial charge in [-0.15, -0.1) is 0 Å². The summed E-state index contributed by atoms with van der Waals surface area (Å²) in [5.74, 6) is 0.213. The van der Waals surface area contributed by atoms with E-state index in [-0.39, 0.29) is 5.78 Å². The van der Waals surface area contributed by atoms with Crippen LogP contribution in [0, 0.1) is 3.57 Å². The number of nitrogens with zero attached hydrogens (tertiary/aromatic N) is 2. The summed E-state index contributed by atoms with van der Waals surface area (Å²) in [4.78, 5) is 16.9. The van der Waals surface area contributed by atoms with Crippen LogP contribution in [0.25, 0.3) is 0 Å². The van der Waals surface area contributed by atoms with Crippen molar-refractivity contribution in [3.63, 3.8) is 0 Å². The fourth-order valence-corrected chi connectivity index (χ4v) is 3.27. The Morgan fingerprint density at radius 2 is 2.10 bits per heavy atom. The molecule has 0 aliphatic carbocycles. The van der Waals surface area contributed by atoms with Gasteiger partial charge in [-0.3, -0.25) is 14.6 Å². The summed E-state index contributed by atoms with van der Waals surface area (Å²) in [6, 6.07) is 8.44. The average Bonchev–Trinajstić information content (AvgIpc) is 2.86. The van der Waals surface area contributed by atoms with Crippen molar-refractivity contribution in [3.8, 4) is 0 Å². The van der Waals surface area contributed by atoms with Gasteiger partial charge < -0.3 is 0 Å². The summed E-state index contributed by atoms with van der Waals surface area (Å²) in [7, 11) is 2.05. The third kappa shape index (κ3) is 4.27. The van der Waals surface area contributed by atoms with Crippen LogP contribution >= 0.6 is 22.6 Å². The molecule has 0 amide bonds. The minimum Gasteiger partial charge on any atom is -0.299 e. The number of hydrogen-bond donors (Lipinski definition) is 0. The zero-order valence-corrected chi connectivity index (χ0v) is 14.5. The molecule has 0 bridgehead atoms. The highest BCUT2D eigenvalue weighted by Gasteiger charge is 2.24. The molecule has 0 saturated carbocycles. The standard InChI is InChI=1S/C16H23IN2O/c1-3-19-10-4-5-15(19)11-18(2)12-16(20)13-6-8-14(17)9-7-13/h6-9,15H,3-5,10-12H2,1-2H3. The van der Waals surface area contributed by atoms with Crippen LogP contribution in [0.5, 0.6) is 0 Å². The van der Waals surface area contributed by atoms with Crippen LogP contribution in [0.3, 0.4) is 0 Å². The minimum atomic E-state index is 0.213. The molecule has 1 aromatic rings. The Kier molecular flexibility index (Phi) is 5.99. The summed E-state index contributed by atoms with van der Waals surface area (Å²) in [6.07, 6.45) is 2.55. The Labute approximate surface area is 135 Å². The average molecular weight is 386 g/mol. The third-order valence-corrected chi connectivity index (χ3v) is 4.73. The molecule has 0 aromatic heterocycles. The van der Waals surface area contributed by atoms with Crippen LogP contribution in [0.2, 0.25) is 0 Å². The van der Waals surface area contributed by atoms with E-state index in [1.54, 1.807) is 0 Å². The van der Waals surface area contributed by atoms with Gasteiger partial charge in [0.25, 0.3) is 0 Å². The number of ketones is 1. The molecule has 0 N–H and O–H groups in total. The SMILES string of the molecule is CCN1CCCC1CN(C)CC(=O)c1ccc(I)cc1. The van der Waals surface area contributed by atoms with E-state index in [9.17, 15) is 4.79 Å². The quantitative estimate of drug-likeness (QED) is 0.555. The highest BCUT2D eigenvalue weighted by molar-refractivity contribution is 14.1. The molecule has 1 fully saturated rings. The second-order valence-corrected chi connectivity index (χ2v) is 6.80. The van der Waals surface area contributed by atoms with Gasteiger partial charge in [-0.25, -0.2) is 0 Å². The summed E-state index contributed by atoms with van der Waals surface area (Å²) in [6.45, 7) is 6.04. The van der Waals surface area contributed by atoms with Gasteiger partial charge in [-0.2, -0.15) is 0 Å². The summed E-state index contributed by atoms with van der Waals surface area (Å²) >= 11 is 2.26. The maximum atomic E-state index is 12.2. The Morgan fingerprint density at radius 1 is 1.40 bits per heavy atom. The lowest BCUT2D eigenvalue weighted by Gasteiger charge is -2.27. The lowest BCUT2D eigenvalue weighted by molar-refractivity contribution is 0.0929. The van der Waals surface area contributed by atoms with E-state index in [2.05, 4.69) is 46.4 Å². The smallest absolute Gasteiger partial charge is 0.176 e. The van der Waals surface area contributed by atoms with E-state index in [1.165, 1.54) is 19.4 Å². The van der Waals surface area contributed by atoms with Gasteiger partial charge in [0, 0.05) is 21.7 Å². The molecule has 20 heavy (non-hydrogen) atoms. The molecular formula is C16H23IN2O. The number of carbonyl (C=O) groups excluding carboxylic acids is 1. The molecule has 2 rings (SSSR count). The molecular weight excluding hydrogens is 363 g/mol. The predicted octanol–water partition coefficient (Wildman–Crippen LogP) is 2.89. The first-order valence-corrected chi connectivity index (χ1v) is 8.39. The molecule has 1 aliphatic heterocycles. The fourth-order valence-electron chi connectivity index (χ4n) is 2.91. The number of Topliss-reactive ketones (excluding diaryl/α,β-unsaturated/α-hetero) is 1. The van der Waals surface area contributed by atoms with Gasteiger partial charge in [-0.1, -0.05) is 19.1 Å². The Morgan fingerprint density at radius 3 is 2.75 bits per heavy atom. The van der Waals surface area contributed by atoms with E-state index >= 15 is 0 Å². The lowest BCUT2D eigenvalue weighted by Crippen LogP contribution is -2.40. The molecule has 1 atom stereocenters. The maximum absolute atomic E-state index is 12.2. The Bertz CT molecular complexity index is 446. The highest BCUT2D eigenvalue weighted by Crippen LogP contribution is 2.17. The van der Waals surface area contributed by atoms with Crippen molar-refractivity contribution >= 4 is 28.4 Å². The van der Waals surface area contributed by atoms with Gasteiger partial charge in [0.2, 0.25) is 0 Å². The molecule has 0 spiro atoms. The number of likely N-dealkylation sites (N-methyl/N-ethyl adjacent to an activating group) is 2. The number of rotatable bonds is 6. The minimum absolute atomic E-state index is 0.213. The first kappa shape index (κ1) is 15.9. The van der Waals surface area contributed by atoms with Crippen LogP contribution in [0.1, 0.15) is 30.1 Å². The predicted molar refractivity (Wildman–Crippen MR) is 91.3 cm³/mol. The second-order valence-electron chi connectivity index (χ2n) is 5.55. The number of hydrogen-bond acceptors (Lipinski definition) is 3. The zero-order valence-electron chi connectivity index (χ0n) is 12.3. The topological polar surface area (TPSA) is 23.6 Å². The van der Waals surface area contributed by atoms with Crippen LogP contribution < -0.4 is 0 Å². The van der Waals surface area contributed by atoms with Gasteiger partial charge in [0.1, 0.15) is 0 Å². The monoisotopic (exact) mass is 386 g/mol. The molecule has 1 aromatic carbocycles. The second kappa shape index (κ2) is 7.52. The Hall–Kier alpha value is -0.460. The van der Waals surface area contributed by atoms with Crippen molar-refractivity contribution in [3.05, 3.63) is 33.4 Å². The number of carbonyl (C=O) groups is 1. The zero-order chi connectivity index (χ0) is 14.5. The first-order valence-electron chi connectivity index (χ1n) is 7.31. The fraction of sp³-hybridized carbons (Fsp3) is 0.562. The summed E-state index contributed by atoms with van der Waals surface area (Å²) in [5, 5.41) is 0. The highest BCUT2D eigenvalue weighted by atomic mass is 127. The van der Waals surface area contributed by atoms with Crippen molar-refractivity contribution in [1.82, 2.24) is 9.80 Å². The number of benzene rings is 1. The molecule has 1 heterocycles. The van der Waals surface area contributed by atoms with Crippen molar-refractivity contribution in [2.24, 2.45) is 0 Å². The van der Waals surface area contributed by atoms with E-state index in [0.29, 0.717) is 12.6 Å². The molecule has 1 unspecified atom stereocenters. The third-order valence-electron chi connectivity index (χ3n) is 4.01. The number of likely N-dealkylation sites (tertiary alicyclic amines) is 1. The van der Waals surface area contributed by atoms with Gasteiger partial charge in [0.15, 0.2) is 5.78 Å². The van der Waals surface area contributed by atoms with Gasteiger partial charge in [-0.05, 0) is 67.7 Å². The first-order chi connectivity index (χ1) is 9.60. The van der Waals surface area contributed by atoms with E-state index in [0.717, 1.165) is 22.2 Å². The normalized spacial score (nSPS) is 19.7. The Balaban J connectivity index is 1.86. The summed E-state index contributed by atoms with van der Waals surface area (Å²) in [5.41, 5.74) is 0.816. The summed E-state index contributed by atoms with van der Waals surface area (Å²) < 4.78 is 1.16.